The molecule has 4 heteroatoms. The molecule has 1 aliphatic rings. The first-order valence-corrected chi connectivity index (χ1v) is 6.90. The SMILES string of the molecule is CS/C(=C(\C)C=O)C1C(=O)N(C)c2ccccc21. The highest BCUT2D eigenvalue weighted by Crippen LogP contribution is 2.44. The molecule has 1 amide bonds. The molecule has 0 spiro atoms. The predicted molar refractivity (Wildman–Crippen MR) is 74.9 cm³/mol. The molecule has 1 unspecified atom stereocenters. The van der Waals surface area contributed by atoms with E-state index in [2.05, 4.69) is 0 Å². The molecular weight excluding hydrogens is 246 g/mol. The standard InChI is InChI=1S/C14H15NO2S/c1-9(8-16)13(18-3)12-10-6-4-5-7-11(10)15(2)14(12)17/h4-8,12H,1-3H3/b13-9+. The maximum atomic E-state index is 12.3. The molecule has 2 rings (SSSR count). The van der Waals surface area contributed by atoms with Crippen LogP contribution in [-0.4, -0.2) is 25.5 Å². The van der Waals surface area contributed by atoms with Crippen LogP contribution in [0.2, 0.25) is 0 Å². The van der Waals surface area contributed by atoms with E-state index in [1.165, 1.54) is 11.8 Å². The molecule has 0 fully saturated rings. The van der Waals surface area contributed by atoms with Crippen LogP contribution in [0.4, 0.5) is 5.69 Å². The number of fused-ring (bicyclic) bond motifs is 1. The van der Waals surface area contributed by atoms with Crippen LogP contribution in [-0.2, 0) is 9.59 Å². The van der Waals surface area contributed by atoms with Gasteiger partial charge in [-0.3, -0.25) is 9.59 Å². The van der Waals surface area contributed by atoms with E-state index in [9.17, 15) is 9.59 Å². The van der Waals surface area contributed by atoms with Gasteiger partial charge >= 0.3 is 0 Å². The van der Waals surface area contributed by atoms with Crippen LogP contribution in [0.15, 0.2) is 34.7 Å². The van der Waals surface area contributed by atoms with Gasteiger partial charge in [0.15, 0.2) is 0 Å². The van der Waals surface area contributed by atoms with Crippen LogP contribution in [0.3, 0.4) is 0 Å². The highest BCUT2D eigenvalue weighted by atomic mass is 32.2. The van der Waals surface area contributed by atoms with Crippen molar-refractivity contribution in [2.75, 3.05) is 18.2 Å². The molecule has 0 N–H and O–H groups in total. The van der Waals surface area contributed by atoms with Crippen molar-refractivity contribution in [2.24, 2.45) is 0 Å². The Morgan fingerprint density at radius 1 is 1.39 bits per heavy atom. The molecule has 0 saturated heterocycles. The van der Waals surface area contributed by atoms with Crippen molar-refractivity contribution in [3.8, 4) is 0 Å². The van der Waals surface area contributed by atoms with Crippen molar-refractivity contribution in [3.05, 3.63) is 40.3 Å². The van der Waals surface area contributed by atoms with Crippen LogP contribution in [0, 0.1) is 0 Å². The molecule has 0 bridgehead atoms. The third-order valence-electron chi connectivity index (χ3n) is 3.23. The Bertz CT molecular complexity index is 536. The second-order valence-corrected chi connectivity index (χ2v) is 5.11. The van der Waals surface area contributed by atoms with Gasteiger partial charge in [0, 0.05) is 17.6 Å². The molecule has 1 aromatic rings. The van der Waals surface area contributed by atoms with Crippen LogP contribution >= 0.6 is 11.8 Å². The van der Waals surface area contributed by atoms with Gasteiger partial charge in [0.1, 0.15) is 6.29 Å². The average molecular weight is 261 g/mol. The van der Waals surface area contributed by atoms with E-state index in [0.717, 1.165) is 22.4 Å². The fourth-order valence-electron chi connectivity index (χ4n) is 2.30. The number of allylic oxidation sites excluding steroid dienone is 1. The number of aldehydes is 1. The monoisotopic (exact) mass is 261 g/mol. The van der Waals surface area contributed by atoms with Crippen molar-refractivity contribution in [1.82, 2.24) is 0 Å². The van der Waals surface area contributed by atoms with Crippen molar-refractivity contribution in [1.29, 1.82) is 0 Å². The van der Waals surface area contributed by atoms with Gasteiger partial charge in [-0.15, -0.1) is 11.8 Å². The molecule has 0 radical (unpaired) electrons. The molecule has 0 aliphatic carbocycles. The van der Waals surface area contributed by atoms with E-state index in [0.29, 0.717) is 5.57 Å². The summed E-state index contributed by atoms with van der Waals surface area (Å²) in [6.07, 6.45) is 2.72. The summed E-state index contributed by atoms with van der Waals surface area (Å²) in [6.45, 7) is 1.76. The molecule has 94 valence electrons. The number of nitrogens with zero attached hydrogens (tertiary/aromatic N) is 1. The van der Waals surface area contributed by atoms with Crippen LogP contribution in [0.5, 0.6) is 0 Å². The van der Waals surface area contributed by atoms with Gasteiger partial charge in [-0.25, -0.2) is 0 Å². The molecule has 0 aromatic heterocycles. The largest absolute Gasteiger partial charge is 0.314 e. The van der Waals surface area contributed by atoms with Gasteiger partial charge in [-0.2, -0.15) is 0 Å². The number of anilines is 1. The van der Waals surface area contributed by atoms with E-state index in [1.807, 2.05) is 30.5 Å². The molecule has 1 aromatic carbocycles. The fourth-order valence-corrected chi connectivity index (χ4v) is 3.13. The zero-order valence-corrected chi connectivity index (χ0v) is 11.5. The number of carbonyl (C=O) groups excluding carboxylic acids is 2. The second kappa shape index (κ2) is 4.98. The lowest BCUT2D eigenvalue weighted by Gasteiger charge is -2.14. The summed E-state index contributed by atoms with van der Waals surface area (Å²) in [7, 11) is 1.77. The number of hydrogen-bond acceptors (Lipinski definition) is 3. The van der Waals surface area contributed by atoms with E-state index >= 15 is 0 Å². The van der Waals surface area contributed by atoms with E-state index in [4.69, 9.17) is 0 Å². The minimum absolute atomic E-state index is 0.0294. The first-order valence-electron chi connectivity index (χ1n) is 5.68. The summed E-state index contributed by atoms with van der Waals surface area (Å²) in [5, 5.41) is 0. The Morgan fingerprint density at radius 2 is 2.06 bits per heavy atom. The summed E-state index contributed by atoms with van der Waals surface area (Å²) in [5.41, 5.74) is 2.54. The number of rotatable bonds is 3. The highest BCUT2D eigenvalue weighted by molar-refractivity contribution is 8.02. The van der Waals surface area contributed by atoms with Gasteiger partial charge < -0.3 is 4.90 Å². The molecule has 1 atom stereocenters. The van der Waals surface area contributed by atoms with Crippen LogP contribution < -0.4 is 4.90 Å². The number of para-hydroxylation sites is 1. The molecule has 1 aliphatic heterocycles. The van der Waals surface area contributed by atoms with Gasteiger partial charge in [-0.1, -0.05) is 18.2 Å². The predicted octanol–water partition coefficient (Wildman–Crippen LogP) is 2.58. The van der Waals surface area contributed by atoms with Gasteiger partial charge in [0.2, 0.25) is 5.91 Å². The lowest BCUT2D eigenvalue weighted by atomic mass is 9.98. The number of hydrogen-bond donors (Lipinski definition) is 0. The van der Waals surface area contributed by atoms with Crippen molar-refractivity contribution in [2.45, 2.75) is 12.8 Å². The lowest BCUT2D eigenvalue weighted by Crippen LogP contribution is -2.24. The van der Waals surface area contributed by atoms with Crippen molar-refractivity contribution < 1.29 is 9.59 Å². The zero-order valence-electron chi connectivity index (χ0n) is 10.6. The second-order valence-electron chi connectivity index (χ2n) is 4.26. The summed E-state index contributed by atoms with van der Waals surface area (Å²) < 4.78 is 0. The van der Waals surface area contributed by atoms with Crippen LogP contribution in [0.1, 0.15) is 18.4 Å². The topological polar surface area (TPSA) is 37.4 Å². The first kappa shape index (κ1) is 12.9. The smallest absolute Gasteiger partial charge is 0.239 e. The normalized spacial score (nSPS) is 19.6. The summed E-state index contributed by atoms with van der Waals surface area (Å²) in [5.74, 6) is -0.298. The summed E-state index contributed by atoms with van der Waals surface area (Å²) >= 11 is 1.47. The number of likely N-dealkylation sites (N-methyl/N-ethyl adjacent to an activating group) is 1. The molecular formula is C14H15NO2S. The maximum absolute atomic E-state index is 12.3. The zero-order chi connectivity index (χ0) is 13.3. The maximum Gasteiger partial charge on any atom is 0.239 e. The Balaban J connectivity index is 2.59. The minimum atomic E-state index is -0.327. The number of carbonyl (C=O) groups is 2. The van der Waals surface area contributed by atoms with Crippen molar-refractivity contribution >= 4 is 29.6 Å². The van der Waals surface area contributed by atoms with Gasteiger partial charge in [0.25, 0.3) is 0 Å². The Kier molecular flexibility index (Phi) is 3.57. The molecule has 18 heavy (non-hydrogen) atoms. The summed E-state index contributed by atoms with van der Waals surface area (Å²) in [6, 6.07) is 7.73. The van der Waals surface area contributed by atoms with Gasteiger partial charge in [-0.05, 0) is 30.4 Å². The molecule has 3 nitrogen and oxygen atoms in total. The Labute approximate surface area is 111 Å². The van der Waals surface area contributed by atoms with E-state index in [1.54, 1.807) is 18.9 Å². The Hall–Kier alpha value is -1.55. The van der Waals surface area contributed by atoms with E-state index < -0.39 is 0 Å². The molecule has 1 heterocycles. The van der Waals surface area contributed by atoms with Crippen molar-refractivity contribution in [3.63, 3.8) is 0 Å². The average Bonchev–Trinajstić information content (AvgIpc) is 2.65. The third kappa shape index (κ3) is 1.86. The number of benzene rings is 1. The number of thioether (sulfide) groups is 1. The lowest BCUT2D eigenvalue weighted by molar-refractivity contribution is -0.118. The highest BCUT2D eigenvalue weighted by Gasteiger charge is 2.37. The number of amides is 1. The third-order valence-corrected chi connectivity index (χ3v) is 4.23. The Morgan fingerprint density at radius 3 is 2.67 bits per heavy atom. The quantitative estimate of drug-likeness (QED) is 0.620. The summed E-state index contributed by atoms with van der Waals surface area (Å²) in [4.78, 5) is 25.8. The van der Waals surface area contributed by atoms with Crippen LogP contribution in [0.25, 0.3) is 0 Å². The fraction of sp³-hybridized carbons (Fsp3) is 0.286. The van der Waals surface area contributed by atoms with E-state index in [-0.39, 0.29) is 11.8 Å². The minimum Gasteiger partial charge on any atom is -0.314 e. The first-order chi connectivity index (χ1) is 8.61. The van der Waals surface area contributed by atoms with Gasteiger partial charge in [0.05, 0.1) is 5.92 Å². The molecule has 0 saturated carbocycles.